The molecule has 120 valence electrons. The van der Waals surface area contributed by atoms with E-state index >= 15 is 0 Å². The summed E-state index contributed by atoms with van der Waals surface area (Å²) in [6, 6.07) is 10.2. The third kappa shape index (κ3) is 4.32. The molecule has 0 unspecified atom stereocenters. The van der Waals surface area contributed by atoms with Gasteiger partial charge in [0.2, 0.25) is 0 Å². The normalized spacial score (nSPS) is 11.8. The number of guanidine groups is 1. The molecule has 3 aromatic rings. The van der Waals surface area contributed by atoms with E-state index in [0.29, 0.717) is 0 Å². The Morgan fingerprint density at radius 2 is 2.17 bits per heavy atom. The molecule has 2 heterocycles. The zero-order chi connectivity index (χ0) is 15.9. The average molecular weight is 327 g/mol. The van der Waals surface area contributed by atoms with Gasteiger partial charge in [0.25, 0.3) is 0 Å². The first-order chi connectivity index (χ1) is 11.3. The van der Waals surface area contributed by atoms with E-state index in [0.717, 1.165) is 48.7 Å². The average Bonchev–Trinajstić information content (AvgIpc) is 3.23. The summed E-state index contributed by atoms with van der Waals surface area (Å²) in [5, 5.41) is 10.9. The lowest BCUT2D eigenvalue weighted by Crippen LogP contribution is -2.37. The van der Waals surface area contributed by atoms with Crippen LogP contribution in [-0.4, -0.2) is 29.5 Å². The van der Waals surface area contributed by atoms with Crippen LogP contribution in [0.2, 0.25) is 0 Å². The largest absolute Gasteiger partial charge is 0.356 e. The van der Waals surface area contributed by atoms with Gasteiger partial charge in [0.1, 0.15) is 5.82 Å². The molecule has 1 aromatic carbocycles. The van der Waals surface area contributed by atoms with E-state index in [-0.39, 0.29) is 0 Å². The number of aliphatic imine (C=N–C) groups is 1. The molecular weight excluding hydrogens is 306 g/mol. The molecule has 0 fully saturated rings. The topological polar surface area (TPSA) is 65.1 Å². The number of nitrogens with zero attached hydrogens (tertiary/aromatic N) is 2. The summed E-state index contributed by atoms with van der Waals surface area (Å²) in [7, 11) is 1.79. The summed E-state index contributed by atoms with van der Waals surface area (Å²) in [5.74, 6) is 1.87. The van der Waals surface area contributed by atoms with Crippen molar-refractivity contribution in [3.8, 4) is 0 Å². The fourth-order valence-electron chi connectivity index (χ4n) is 2.39. The van der Waals surface area contributed by atoms with Gasteiger partial charge in [0.15, 0.2) is 5.96 Å². The molecular formula is C17H21N5S. The maximum atomic E-state index is 4.59. The molecule has 6 heteroatoms. The zero-order valence-corrected chi connectivity index (χ0v) is 14.0. The second-order valence-electron chi connectivity index (χ2n) is 5.29. The Labute approximate surface area is 139 Å². The Morgan fingerprint density at radius 1 is 1.26 bits per heavy atom. The van der Waals surface area contributed by atoms with Crippen molar-refractivity contribution in [3.05, 3.63) is 52.5 Å². The molecule has 0 atom stereocenters. The van der Waals surface area contributed by atoms with Crippen LogP contribution in [0.15, 0.2) is 46.1 Å². The minimum atomic E-state index is 0.798. The first-order valence-electron chi connectivity index (χ1n) is 7.74. The lowest BCUT2D eigenvalue weighted by molar-refractivity contribution is 0.726. The Bertz CT molecular complexity index is 727. The number of fused-ring (bicyclic) bond motifs is 1. The van der Waals surface area contributed by atoms with E-state index < -0.39 is 0 Å². The molecule has 2 aromatic heterocycles. The molecule has 0 aliphatic carbocycles. The van der Waals surface area contributed by atoms with Gasteiger partial charge in [-0.1, -0.05) is 12.1 Å². The molecule has 0 bridgehead atoms. The summed E-state index contributed by atoms with van der Waals surface area (Å²) in [5.41, 5.74) is 3.41. The first-order valence-corrected chi connectivity index (χ1v) is 8.68. The van der Waals surface area contributed by atoms with E-state index in [1.54, 1.807) is 18.4 Å². The van der Waals surface area contributed by atoms with Crippen LogP contribution >= 0.6 is 11.3 Å². The Kier molecular flexibility index (Phi) is 5.26. The highest BCUT2D eigenvalue weighted by Gasteiger charge is 2.02. The number of benzene rings is 1. The summed E-state index contributed by atoms with van der Waals surface area (Å²) >= 11 is 1.71. The highest BCUT2D eigenvalue weighted by molar-refractivity contribution is 7.07. The van der Waals surface area contributed by atoms with Crippen molar-refractivity contribution in [2.45, 2.75) is 19.4 Å². The van der Waals surface area contributed by atoms with Crippen LogP contribution in [0.25, 0.3) is 11.0 Å². The van der Waals surface area contributed by atoms with Gasteiger partial charge in [-0.3, -0.25) is 4.99 Å². The van der Waals surface area contributed by atoms with Crippen LogP contribution in [0.4, 0.5) is 0 Å². The number of aromatic amines is 1. The number of thiophene rings is 1. The van der Waals surface area contributed by atoms with Crippen LogP contribution in [0.1, 0.15) is 17.8 Å². The minimum Gasteiger partial charge on any atom is -0.356 e. The van der Waals surface area contributed by atoms with Crippen LogP contribution in [0, 0.1) is 0 Å². The van der Waals surface area contributed by atoms with E-state index in [9.17, 15) is 0 Å². The third-order valence-electron chi connectivity index (χ3n) is 3.58. The predicted molar refractivity (Wildman–Crippen MR) is 96.9 cm³/mol. The monoisotopic (exact) mass is 327 g/mol. The highest BCUT2D eigenvalue weighted by Crippen LogP contribution is 2.11. The molecule has 0 radical (unpaired) electrons. The Hall–Kier alpha value is -2.34. The summed E-state index contributed by atoms with van der Waals surface area (Å²) in [6.45, 7) is 1.66. The first kappa shape index (κ1) is 15.6. The molecule has 0 aliphatic heterocycles. The van der Waals surface area contributed by atoms with Gasteiger partial charge in [-0.2, -0.15) is 11.3 Å². The van der Waals surface area contributed by atoms with Crippen LogP contribution in [0.3, 0.4) is 0 Å². The second-order valence-corrected chi connectivity index (χ2v) is 6.07. The van der Waals surface area contributed by atoms with Crippen molar-refractivity contribution >= 4 is 28.3 Å². The van der Waals surface area contributed by atoms with Gasteiger partial charge in [-0.15, -0.1) is 0 Å². The lowest BCUT2D eigenvalue weighted by atomic mass is 10.3. The smallest absolute Gasteiger partial charge is 0.191 e. The van der Waals surface area contributed by atoms with E-state index in [1.807, 2.05) is 18.2 Å². The molecule has 0 saturated carbocycles. The maximum Gasteiger partial charge on any atom is 0.191 e. The molecule has 0 amide bonds. The SMILES string of the molecule is CN=C(NCCCc1nc2ccccc2[nH]1)NCc1ccsc1. The van der Waals surface area contributed by atoms with Crippen LogP contribution < -0.4 is 10.6 Å². The maximum absolute atomic E-state index is 4.59. The fraction of sp³-hybridized carbons (Fsp3) is 0.294. The van der Waals surface area contributed by atoms with Gasteiger partial charge in [-0.05, 0) is 40.9 Å². The predicted octanol–water partition coefficient (Wildman–Crippen LogP) is 2.92. The number of aryl methyl sites for hydroxylation is 1. The van der Waals surface area contributed by atoms with Gasteiger partial charge < -0.3 is 15.6 Å². The van der Waals surface area contributed by atoms with E-state index in [1.165, 1.54) is 5.56 Å². The van der Waals surface area contributed by atoms with Crippen molar-refractivity contribution < 1.29 is 0 Å². The van der Waals surface area contributed by atoms with E-state index in [4.69, 9.17) is 0 Å². The third-order valence-corrected chi connectivity index (χ3v) is 4.32. The number of rotatable bonds is 6. The molecule has 5 nitrogen and oxygen atoms in total. The van der Waals surface area contributed by atoms with Crippen molar-refractivity contribution in [2.75, 3.05) is 13.6 Å². The van der Waals surface area contributed by atoms with Crippen molar-refractivity contribution in [2.24, 2.45) is 4.99 Å². The molecule has 23 heavy (non-hydrogen) atoms. The van der Waals surface area contributed by atoms with Gasteiger partial charge in [-0.25, -0.2) is 4.98 Å². The molecule has 0 spiro atoms. The highest BCUT2D eigenvalue weighted by atomic mass is 32.1. The number of para-hydroxylation sites is 2. The number of nitrogens with one attached hydrogen (secondary N) is 3. The van der Waals surface area contributed by atoms with Crippen LogP contribution in [0.5, 0.6) is 0 Å². The quantitative estimate of drug-likeness (QED) is 0.370. The zero-order valence-electron chi connectivity index (χ0n) is 13.2. The number of hydrogen-bond donors (Lipinski definition) is 3. The van der Waals surface area contributed by atoms with Gasteiger partial charge in [0, 0.05) is 26.6 Å². The lowest BCUT2D eigenvalue weighted by Gasteiger charge is -2.10. The summed E-state index contributed by atoms with van der Waals surface area (Å²) in [4.78, 5) is 12.2. The molecule has 3 N–H and O–H groups in total. The van der Waals surface area contributed by atoms with E-state index in [2.05, 4.69) is 48.5 Å². The van der Waals surface area contributed by atoms with Gasteiger partial charge >= 0.3 is 0 Å². The van der Waals surface area contributed by atoms with Crippen molar-refractivity contribution in [3.63, 3.8) is 0 Å². The number of H-pyrrole nitrogens is 1. The summed E-state index contributed by atoms with van der Waals surface area (Å²) in [6.07, 6.45) is 1.92. The Morgan fingerprint density at radius 3 is 2.96 bits per heavy atom. The second kappa shape index (κ2) is 7.78. The molecule has 3 rings (SSSR count). The van der Waals surface area contributed by atoms with Crippen molar-refractivity contribution in [1.82, 2.24) is 20.6 Å². The fourth-order valence-corrected chi connectivity index (χ4v) is 3.05. The number of hydrogen-bond acceptors (Lipinski definition) is 3. The minimum absolute atomic E-state index is 0.798. The van der Waals surface area contributed by atoms with Crippen molar-refractivity contribution in [1.29, 1.82) is 0 Å². The number of imidazole rings is 1. The molecule has 0 saturated heterocycles. The van der Waals surface area contributed by atoms with Crippen LogP contribution in [-0.2, 0) is 13.0 Å². The van der Waals surface area contributed by atoms with Gasteiger partial charge in [0.05, 0.1) is 11.0 Å². The Balaban J connectivity index is 1.41. The standard InChI is InChI=1S/C17H21N5S/c1-18-17(20-11-13-8-10-23-12-13)19-9-4-7-16-21-14-5-2-3-6-15(14)22-16/h2-3,5-6,8,10,12H,4,7,9,11H2,1H3,(H,21,22)(H2,18,19,20). The number of aromatic nitrogens is 2. The molecule has 0 aliphatic rings. The summed E-state index contributed by atoms with van der Waals surface area (Å²) < 4.78 is 0.